The Labute approximate surface area is 110 Å². The Kier molecular flexibility index (Phi) is 52.0. The van der Waals surface area contributed by atoms with E-state index in [1.165, 1.54) is 7.05 Å². The van der Waals surface area contributed by atoms with Gasteiger partial charge in [-0.3, -0.25) is 4.79 Å². The van der Waals surface area contributed by atoms with Crippen LogP contribution in [-0.4, -0.2) is 32.6 Å². The first-order valence-electron chi connectivity index (χ1n) is 5.87. The fraction of sp³-hybridized carbons (Fsp3) is 0.923. The highest BCUT2D eigenvalue weighted by Crippen LogP contribution is 2.03. The molecule has 0 aromatic carbocycles. The molecular formula is C13H37N3O. The SMILES string of the molecule is C.C.CC.CC.CN.CNC(=O)C1CCCN1. The van der Waals surface area contributed by atoms with Crippen LogP contribution in [0, 0.1) is 0 Å². The number of likely N-dealkylation sites (N-methyl/N-ethyl adjacent to an activating group) is 1. The maximum Gasteiger partial charge on any atom is 0.236 e. The first-order chi connectivity index (χ1) is 7.34. The molecule has 1 atom stereocenters. The van der Waals surface area contributed by atoms with Gasteiger partial charge in [0.1, 0.15) is 0 Å². The molecule has 0 aromatic rings. The van der Waals surface area contributed by atoms with E-state index in [0.29, 0.717) is 0 Å². The Morgan fingerprint density at radius 3 is 1.82 bits per heavy atom. The fourth-order valence-electron chi connectivity index (χ4n) is 1.08. The maximum absolute atomic E-state index is 10.8. The number of carbonyl (C=O) groups is 1. The molecule has 1 aliphatic heterocycles. The van der Waals surface area contributed by atoms with E-state index in [-0.39, 0.29) is 26.8 Å². The van der Waals surface area contributed by atoms with E-state index < -0.39 is 0 Å². The minimum Gasteiger partial charge on any atom is -0.358 e. The predicted octanol–water partition coefficient (Wildman–Crippen LogP) is 2.38. The molecule has 110 valence electrons. The van der Waals surface area contributed by atoms with E-state index >= 15 is 0 Å². The minimum atomic E-state index is 0. The Hall–Kier alpha value is -0.610. The van der Waals surface area contributed by atoms with Crippen molar-refractivity contribution in [1.82, 2.24) is 10.6 Å². The molecule has 0 aromatic heterocycles. The molecule has 0 aliphatic carbocycles. The van der Waals surface area contributed by atoms with Crippen LogP contribution < -0.4 is 16.4 Å². The quantitative estimate of drug-likeness (QED) is 0.670. The summed E-state index contributed by atoms with van der Waals surface area (Å²) >= 11 is 0. The molecule has 17 heavy (non-hydrogen) atoms. The third kappa shape index (κ3) is 18.0. The summed E-state index contributed by atoms with van der Waals surface area (Å²) in [7, 11) is 3.17. The van der Waals surface area contributed by atoms with Crippen molar-refractivity contribution in [2.24, 2.45) is 5.73 Å². The third-order valence-corrected chi connectivity index (χ3v) is 1.62. The van der Waals surface area contributed by atoms with Gasteiger partial charge in [0.05, 0.1) is 6.04 Å². The van der Waals surface area contributed by atoms with Gasteiger partial charge in [-0.05, 0) is 26.4 Å². The van der Waals surface area contributed by atoms with Crippen molar-refractivity contribution in [1.29, 1.82) is 0 Å². The van der Waals surface area contributed by atoms with Crippen molar-refractivity contribution in [2.45, 2.75) is 61.4 Å². The van der Waals surface area contributed by atoms with Crippen molar-refractivity contribution in [3.8, 4) is 0 Å². The molecule has 4 N–H and O–H groups in total. The maximum atomic E-state index is 10.8. The average molecular weight is 251 g/mol. The second-order valence-electron chi connectivity index (χ2n) is 2.26. The number of rotatable bonds is 1. The lowest BCUT2D eigenvalue weighted by atomic mass is 10.2. The molecule has 0 spiro atoms. The smallest absolute Gasteiger partial charge is 0.236 e. The van der Waals surface area contributed by atoms with Crippen LogP contribution in [-0.2, 0) is 4.79 Å². The highest BCUT2D eigenvalue weighted by molar-refractivity contribution is 5.81. The molecule has 1 aliphatic rings. The van der Waals surface area contributed by atoms with Gasteiger partial charge in [0.2, 0.25) is 5.91 Å². The zero-order valence-corrected chi connectivity index (χ0v) is 11.2. The summed E-state index contributed by atoms with van der Waals surface area (Å²) < 4.78 is 0. The molecule has 1 unspecified atom stereocenters. The van der Waals surface area contributed by atoms with Gasteiger partial charge in [0.25, 0.3) is 0 Å². The lowest BCUT2D eigenvalue weighted by molar-refractivity contribution is -0.122. The number of nitrogens with one attached hydrogen (secondary N) is 2. The predicted molar refractivity (Wildman–Crippen MR) is 81.4 cm³/mol. The van der Waals surface area contributed by atoms with Gasteiger partial charge in [-0.1, -0.05) is 42.5 Å². The molecule has 0 radical (unpaired) electrons. The van der Waals surface area contributed by atoms with Gasteiger partial charge in [-0.25, -0.2) is 0 Å². The van der Waals surface area contributed by atoms with Crippen LogP contribution in [0.3, 0.4) is 0 Å². The minimum absolute atomic E-state index is 0. The molecule has 4 heteroatoms. The Balaban J connectivity index is -0.0000000530. The van der Waals surface area contributed by atoms with Gasteiger partial charge in [0, 0.05) is 7.05 Å². The Morgan fingerprint density at radius 1 is 1.18 bits per heavy atom. The molecule has 1 rings (SSSR count). The van der Waals surface area contributed by atoms with Crippen LogP contribution in [0.4, 0.5) is 0 Å². The zero-order chi connectivity index (χ0) is 12.7. The molecular weight excluding hydrogens is 214 g/mol. The fourth-order valence-corrected chi connectivity index (χ4v) is 1.08. The molecule has 1 fully saturated rings. The standard InChI is InChI=1S/C6H12N2O.2C2H6.CH5N.2CH4/c1-7-6(9)5-3-2-4-8-5;3*1-2;;/h5,8H,2-4H2,1H3,(H,7,9);2*1-2H3;2H2,1H3;2*1H4. The van der Waals surface area contributed by atoms with Crippen molar-refractivity contribution in [2.75, 3.05) is 20.6 Å². The third-order valence-electron chi connectivity index (χ3n) is 1.62. The van der Waals surface area contributed by atoms with E-state index in [1.807, 2.05) is 27.7 Å². The highest BCUT2D eigenvalue weighted by atomic mass is 16.2. The monoisotopic (exact) mass is 251 g/mol. The Bertz CT molecular complexity index is 113. The lowest BCUT2D eigenvalue weighted by Gasteiger charge is -2.05. The van der Waals surface area contributed by atoms with Crippen LogP contribution in [0.5, 0.6) is 0 Å². The van der Waals surface area contributed by atoms with Gasteiger partial charge in [-0.2, -0.15) is 0 Å². The van der Waals surface area contributed by atoms with E-state index in [2.05, 4.69) is 16.4 Å². The molecule has 1 amide bonds. The molecule has 0 bridgehead atoms. The summed E-state index contributed by atoms with van der Waals surface area (Å²) in [6.07, 6.45) is 2.11. The van der Waals surface area contributed by atoms with E-state index in [9.17, 15) is 4.79 Å². The summed E-state index contributed by atoms with van der Waals surface area (Å²) in [5, 5.41) is 5.70. The first-order valence-corrected chi connectivity index (χ1v) is 5.87. The molecule has 0 saturated carbocycles. The summed E-state index contributed by atoms with van der Waals surface area (Å²) in [4.78, 5) is 10.8. The highest BCUT2D eigenvalue weighted by Gasteiger charge is 2.19. The second kappa shape index (κ2) is 29.5. The Morgan fingerprint density at radius 2 is 1.59 bits per heavy atom. The normalized spacial score (nSPS) is 14.9. The van der Waals surface area contributed by atoms with Crippen LogP contribution in [0.25, 0.3) is 0 Å². The van der Waals surface area contributed by atoms with Crippen molar-refractivity contribution < 1.29 is 4.79 Å². The summed E-state index contributed by atoms with van der Waals surface area (Å²) in [6, 6.07) is 0.0787. The van der Waals surface area contributed by atoms with Crippen LogP contribution >= 0.6 is 0 Å². The van der Waals surface area contributed by atoms with Gasteiger partial charge in [-0.15, -0.1) is 0 Å². The number of hydrogen-bond acceptors (Lipinski definition) is 3. The largest absolute Gasteiger partial charge is 0.358 e. The molecule has 1 saturated heterocycles. The van der Waals surface area contributed by atoms with Gasteiger partial charge < -0.3 is 16.4 Å². The van der Waals surface area contributed by atoms with Crippen LogP contribution in [0.1, 0.15) is 55.4 Å². The van der Waals surface area contributed by atoms with E-state index in [4.69, 9.17) is 0 Å². The molecule has 4 nitrogen and oxygen atoms in total. The second-order valence-corrected chi connectivity index (χ2v) is 2.26. The lowest BCUT2D eigenvalue weighted by Crippen LogP contribution is -2.38. The summed E-state index contributed by atoms with van der Waals surface area (Å²) in [5.41, 5.74) is 4.50. The van der Waals surface area contributed by atoms with Crippen molar-refractivity contribution >= 4 is 5.91 Å². The van der Waals surface area contributed by atoms with Gasteiger partial charge in [0.15, 0.2) is 0 Å². The van der Waals surface area contributed by atoms with Crippen molar-refractivity contribution in [3.63, 3.8) is 0 Å². The number of hydrogen-bond donors (Lipinski definition) is 3. The number of amides is 1. The van der Waals surface area contributed by atoms with E-state index in [0.717, 1.165) is 19.4 Å². The van der Waals surface area contributed by atoms with E-state index in [1.54, 1.807) is 7.05 Å². The number of nitrogens with two attached hydrogens (primary N) is 1. The van der Waals surface area contributed by atoms with Gasteiger partial charge >= 0.3 is 0 Å². The van der Waals surface area contributed by atoms with Crippen LogP contribution in [0.2, 0.25) is 0 Å². The summed E-state index contributed by atoms with van der Waals surface area (Å²) in [5.74, 6) is 0.118. The van der Waals surface area contributed by atoms with Crippen molar-refractivity contribution in [3.05, 3.63) is 0 Å². The summed E-state index contributed by atoms with van der Waals surface area (Å²) in [6.45, 7) is 8.98. The number of carbonyl (C=O) groups excluding carboxylic acids is 1. The molecule has 1 heterocycles. The topological polar surface area (TPSA) is 67.1 Å². The zero-order valence-electron chi connectivity index (χ0n) is 11.2. The van der Waals surface area contributed by atoms with Crippen LogP contribution in [0.15, 0.2) is 0 Å². The average Bonchev–Trinajstić information content (AvgIpc) is 2.89. The first kappa shape index (κ1) is 29.9.